The van der Waals surface area contributed by atoms with Gasteiger partial charge in [0.1, 0.15) is 5.75 Å². The van der Waals surface area contributed by atoms with E-state index < -0.39 is 0 Å². The van der Waals surface area contributed by atoms with Gasteiger partial charge in [0.05, 0.1) is 0 Å². The van der Waals surface area contributed by atoms with E-state index in [2.05, 4.69) is 18.7 Å². The molecule has 1 aromatic rings. The highest BCUT2D eigenvalue weighted by Gasteiger charge is 2.08. The third-order valence-electron chi connectivity index (χ3n) is 2.79. The lowest BCUT2D eigenvalue weighted by molar-refractivity contribution is 0.262. The molecule has 2 nitrogen and oxygen atoms in total. The molecule has 0 radical (unpaired) electrons. The molecule has 0 aliphatic heterocycles. The first kappa shape index (κ1) is 13.0. The summed E-state index contributed by atoms with van der Waals surface area (Å²) < 4.78 is 0. The zero-order chi connectivity index (χ0) is 12.0. The Morgan fingerprint density at radius 1 is 1.12 bits per heavy atom. The summed E-state index contributed by atoms with van der Waals surface area (Å²) in [6.07, 6.45) is 2.32. The van der Waals surface area contributed by atoms with Crippen LogP contribution < -0.4 is 0 Å². The van der Waals surface area contributed by atoms with Crippen molar-refractivity contribution >= 4 is 0 Å². The van der Waals surface area contributed by atoms with Crippen LogP contribution in [0.5, 0.6) is 5.75 Å². The van der Waals surface area contributed by atoms with Crippen molar-refractivity contribution in [2.24, 2.45) is 0 Å². The highest BCUT2D eigenvalue weighted by molar-refractivity contribution is 5.39. The Bertz CT molecular complexity index is 317. The largest absolute Gasteiger partial charge is 0.507 e. The minimum Gasteiger partial charge on any atom is -0.507 e. The first-order valence-corrected chi connectivity index (χ1v) is 6.18. The van der Waals surface area contributed by atoms with Crippen molar-refractivity contribution in [2.75, 3.05) is 13.1 Å². The molecule has 1 aromatic carbocycles. The van der Waals surface area contributed by atoms with Gasteiger partial charge in [-0.15, -0.1) is 0 Å². The lowest BCUT2D eigenvalue weighted by Gasteiger charge is -2.21. The van der Waals surface area contributed by atoms with Crippen molar-refractivity contribution in [1.82, 2.24) is 4.90 Å². The Kier molecular flexibility index (Phi) is 5.33. The van der Waals surface area contributed by atoms with Crippen molar-refractivity contribution in [3.63, 3.8) is 0 Å². The topological polar surface area (TPSA) is 23.5 Å². The smallest absolute Gasteiger partial charge is 0.122 e. The molecule has 1 rings (SSSR count). The SMILES string of the molecule is CCCN(CCC)Cc1cccc(C)c1O. The summed E-state index contributed by atoms with van der Waals surface area (Å²) >= 11 is 0. The quantitative estimate of drug-likeness (QED) is 0.796. The summed E-state index contributed by atoms with van der Waals surface area (Å²) in [7, 11) is 0. The number of hydrogen-bond acceptors (Lipinski definition) is 2. The average Bonchev–Trinajstić information content (AvgIpc) is 2.25. The van der Waals surface area contributed by atoms with E-state index in [4.69, 9.17) is 0 Å². The van der Waals surface area contributed by atoms with Crippen molar-refractivity contribution in [2.45, 2.75) is 40.2 Å². The number of phenols is 1. The normalized spacial score (nSPS) is 11.0. The van der Waals surface area contributed by atoms with Gasteiger partial charge >= 0.3 is 0 Å². The number of aryl methyl sites for hydroxylation is 1. The predicted octanol–water partition coefficient (Wildman–Crippen LogP) is 3.32. The highest BCUT2D eigenvalue weighted by atomic mass is 16.3. The molecule has 0 aromatic heterocycles. The zero-order valence-corrected chi connectivity index (χ0v) is 10.7. The molecule has 0 amide bonds. The number of nitrogens with zero attached hydrogens (tertiary/aromatic N) is 1. The third-order valence-corrected chi connectivity index (χ3v) is 2.79. The summed E-state index contributed by atoms with van der Waals surface area (Å²) in [5, 5.41) is 9.96. The first-order chi connectivity index (χ1) is 7.69. The molecule has 90 valence electrons. The van der Waals surface area contributed by atoms with Gasteiger partial charge in [-0.1, -0.05) is 32.0 Å². The zero-order valence-electron chi connectivity index (χ0n) is 10.7. The number of rotatable bonds is 6. The predicted molar refractivity (Wildman–Crippen MR) is 68.7 cm³/mol. The van der Waals surface area contributed by atoms with Crippen LogP contribution in [-0.4, -0.2) is 23.1 Å². The Morgan fingerprint density at radius 3 is 2.31 bits per heavy atom. The van der Waals surface area contributed by atoms with Gasteiger partial charge in [-0.25, -0.2) is 0 Å². The summed E-state index contributed by atoms with van der Waals surface area (Å²) in [5.74, 6) is 0.458. The van der Waals surface area contributed by atoms with Crippen LogP contribution in [0.15, 0.2) is 18.2 Å². The van der Waals surface area contributed by atoms with Crippen LogP contribution in [0.4, 0.5) is 0 Å². The number of aromatic hydroxyl groups is 1. The molecule has 0 fully saturated rings. The van der Waals surface area contributed by atoms with Crippen LogP contribution in [0.1, 0.15) is 37.8 Å². The molecule has 16 heavy (non-hydrogen) atoms. The second-order valence-electron chi connectivity index (χ2n) is 4.36. The van der Waals surface area contributed by atoms with E-state index in [1.165, 1.54) is 0 Å². The van der Waals surface area contributed by atoms with Crippen LogP contribution in [-0.2, 0) is 6.54 Å². The second-order valence-corrected chi connectivity index (χ2v) is 4.36. The van der Waals surface area contributed by atoms with Crippen LogP contribution in [0.3, 0.4) is 0 Å². The fourth-order valence-corrected chi connectivity index (χ4v) is 1.99. The van der Waals surface area contributed by atoms with Gasteiger partial charge in [0.2, 0.25) is 0 Å². The number of benzene rings is 1. The van der Waals surface area contributed by atoms with E-state index in [1.807, 2.05) is 25.1 Å². The lowest BCUT2D eigenvalue weighted by Crippen LogP contribution is -2.24. The van der Waals surface area contributed by atoms with Crippen LogP contribution in [0.2, 0.25) is 0 Å². The molecule has 1 N–H and O–H groups in total. The maximum absolute atomic E-state index is 9.96. The molecule has 0 aliphatic rings. The van der Waals surface area contributed by atoms with E-state index in [1.54, 1.807) is 0 Å². The molecule has 0 saturated heterocycles. The second kappa shape index (κ2) is 6.54. The van der Waals surface area contributed by atoms with Crippen molar-refractivity contribution in [1.29, 1.82) is 0 Å². The molecule has 0 unspecified atom stereocenters. The summed E-state index contributed by atoms with van der Waals surface area (Å²) in [6.45, 7) is 9.39. The molecule has 0 bridgehead atoms. The molecule has 2 heteroatoms. The van der Waals surface area contributed by atoms with Crippen molar-refractivity contribution in [3.8, 4) is 5.75 Å². The Labute approximate surface area is 98.9 Å². The van der Waals surface area contributed by atoms with Crippen LogP contribution in [0.25, 0.3) is 0 Å². The van der Waals surface area contributed by atoms with Crippen molar-refractivity contribution < 1.29 is 5.11 Å². The van der Waals surface area contributed by atoms with Gasteiger partial charge in [-0.3, -0.25) is 4.90 Å². The number of phenolic OH excluding ortho intramolecular Hbond substituents is 1. The van der Waals surface area contributed by atoms with Gasteiger partial charge in [-0.2, -0.15) is 0 Å². The molecule has 0 spiro atoms. The Morgan fingerprint density at radius 2 is 1.75 bits per heavy atom. The average molecular weight is 221 g/mol. The molecule has 0 saturated carbocycles. The Hall–Kier alpha value is -1.02. The maximum atomic E-state index is 9.96. The monoisotopic (exact) mass is 221 g/mol. The summed E-state index contributed by atoms with van der Waals surface area (Å²) in [6, 6.07) is 5.98. The van der Waals surface area contributed by atoms with E-state index in [-0.39, 0.29) is 0 Å². The minimum atomic E-state index is 0.458. The van der Waals surface area contributed by atoms with E-state index >= 15 is 0 Å². The Balaban J connectivity index is 2.72. The van der Waals surface area contributed by atoms with Gasteiger partial charge < -0.3 is 5.11 Å². The fraction of sp³-hybridized carbons (Fsp3) is 0.571. The van der Waals surface area contributed by atoms with Crippen LogP contribution >= 0.6 is 0 Å². The maximum Gasteiger partial charge on any atom is 0.122 e. The van der Waals surface area contributed by atoms with Crippen LogP contribution in [0, 0.1) is 6.92 Å². The molecule has 0 atom stereocenters. The molecular weight excluding hydrogens is 198 g/mol. The van der Waals surface area contributed by atoms with E-state index in [0.717, 1.165) is 43.6 Å². The number of para-hydroxylation sites is 1. The van der Waals surface area contributed by atoms with Gasteiger partial charge in [0.15, 0.2) is 0 Å². The van der Waals surface area contributed by atoms with Gasteiger partial charge in [0.25, 0.3) is 0 Å². The van der Waals surface area contributed by atoms with E-state index in [9.17, 15) is 5.11 Å². The molecule has 0 heterocycles. The minimum absolute atomic E-state index is 0.458. The summed E-state index contributed by atoms with van der Waals surface area (Å²) in [5.41, 5.74) is 2.01. The number of hydrogen-bond donors (Lipinski definition) is 1. The van der Waals surface area contributed by atoms with E-state index in [0.29, 0.717) is 5.75 Å². The summed E-state index contributed by atoms with van der Waals surface area (Å²) in [4.78, 5) is 2.40. The van der Waals surface area contributed by atoms with Gasteiger partial charge in [-0.05, 0) is 38.4 Å². The standard InChI is InChI=1S/C14H23NO/c1-4-9-15(10-5-2)11-13-8-6-7-12(3)14(13)16/h6-8,16H,4-5,9-11H2,1-3H3. The fourth-order valence-electron chi connectivity index (χ4n) is 1.99. The lowest BCUT2D eigenvalue weighted by atomic mass is 10.1. The van der Waals surface area contributed by atoms with Gasteiger partial charge in [0, 0.05) is 12.1 Å². The molecular formula is C14H23NO. The third kappa shape index (κ3) is 3.53. The molecule has 0 aliphatic carbocycles. The highest BCUT2D eigenvalue weighted by Crippen LogP contribution is 2.22. The van der Waals surface area contributed by atoms with Crippen molar-refractivity contribution in [3.05, 3.63) is 29.3 Å². The first-order valence-electron chi connectivity index (χ1n) is 6.18.